The lowest BCUT2D eigenvalue weighted by molar-refractivity contribution is -0.113. The Labute approximate surface area is 154 Å². The minimum Gasteiger partial charge on any atom is -0.330 e. The van der Waals surface area contributed by atoms with Gasteiger partial charge in [0.25, 0.3) is 0 Å². The number of nitrogens with zero attached hydrogens (tertiary/aromatic N) is 2. The highest BCUT2D eigenvalue weighted by Gasteiger charge is 2.09. The van der Waals surface area contributed by atoms with Crippen LogP contribution in [0.2, 0.25) is 0 Å². The first-order valence-corrected chi connectivity index (χ1v) is 9.56. The summed E-state index contributed by atoms with van der Waals surface area (Å²) in [6, 6.07) is 15.6. The number of rotatable bonds is 6. The van der Waals surface area contributed by atoms with E-state index in [4.69, 9.17) is 0 Å². The zero-order valence-corrected chi connectivity index (χ0v) is 15.6. The first-order valence-electron chi connectivity index (χ1n) is 7.75. The summed E-state index contributed by atoms with van der Waals surface area (Å²) < 4.78 is 0.759. The minimum absolute atomic E-state index is 0.0601. The first-order chi connectivity index (χ1) is 12.1. The van der Waals surface area contributed by atoms with Gasteiger partial charge in [0.15, 0.2) is 4.34 Å². The fraction of sp³-hybridized carbons (Fsp3) is 0.167. The van der Waals surface area contributed by atoms with E-state index in [0.717, 1.165) is 15.7 Å². The standard InChI is InChI=1S/C18H18N4OS2/c1-12-8-9-15(10-13(12)2)20-17-21-22-18(25-17)24-11-16(23)19-14-6-4-3-5-7-14/h3-10H,11H2,1-2H3,(H,19,23)(H,20,21). The van der Waals surface area contributed by atoms with E-state index in [1.807, 2.05) is 36.4 Å². The highest BCUT2D eigenvalue weighted by Crippen LogP contribution is 2.28. The van der Waals surface area contributed by atoms with Crippen LogP contribution >= 0.6 is 23.1 Å². The summed E-state index contributed by atoms with van der Waals surface area (Å²) in [4.78, 5) is 12.0. The molecular weight excluding hydrogens is 352 g/mol. The third-order valence-corrected chi connectivity index (χ3v) is 5.52. The lowest BCUT2D eigenvalue weighted by Crippen LogP contribution is -2.13. The van der Waals surface area contributed by atoms with Crippen molar-refractivity contribution in [2.45, 2.75) is 18.2 Å². The topological polar surface area (TPSA) is 66.9 Å². The molecule has 1 amide bonds. The highest BCUT2D eigenvalue weighted by atomic mass is 32.2. The number of carbonyl (C=O) groups excluding carboxylic acids is 1. The molecule has 2 N–H and O–H groups in total. The van der Waals surface area contributed by atoms with Crippen LogP contribution in [0, 0.1) is 13.8 Å². The number of thioether (sulfide) groups is 1. The number of hydrogen-bond acceptors (Lipinski definition) is 6. The second kappa shape index (κ2) is 8.13. The number of benzene rings is 2. The lowest BCUT2D eigenvalue weighted by Gasteiger charge is -2.05. The van der Waals surface area contributed by atoms with Crippen LogP contribution in [0.15, 0.2) is 52.9 Å². The predicted octanol–water partition coefficient (Wildman–Crippen LogP) is 4.63. The summed E-state index contributed by atoms with van der Waals surface area (Å²) in [5.74, 6) is 0.239. The Balaban J connectivity index is 1.53. The summed E-state index contributed by atoms with van der Waals surface area (Å²) >= 11 is 2.81. The van der Waals surface area contributed by atoms with Crippen LogP contribution in [0.5, 0.6) is 0 Å². The molecular formula is C18H18N4OS2. The van der Waals surface area contributed by atoms with Gasteiger partial charge < -0.3 is 10.6 Å². The molecule has 0 bridgehead atoms. The molecule has 25 heavy (non-hydrogen) atoms. The number of para-hydroxylation sites is 1. The smallest absolute Gasteiger partial charge is 0.234 e. The average Bonchev–Trinajstić information content (AvgIpc) is 3.05. The maximum absolute atomic E-state index is 12.0. The average molecular weight is 371 g/mol. The number of aromatic nitrogens is 2. The zero-order valence-electron chi connectivity index (χ0n) is 13.9. The Morgan fingerprint density at radius 1 is 1.04 bits per heavy atom. The second-order valence-corrected chi connectivity index (χ2v) is 7.70. The molecule has 0 aliphatic rings. The predicted molar refractivity (Wildman–Crippen MR) is 105 cm³/mol. The molecule has 3 aromatic rings. The van der Waals surface area contributed by atoms with E-state index in [2.05, 4.69) is 46.8 Å². The van der Waals surface area contributed by atoms with Crippen molar-refractivity contribution >= 4 is 45.5 Å². The number of nitrogens with one attached hydrogen (secondary N) is 2. The minimum atomic E-state index is -0.0601. The second-order valence-electron chi connectivity index (χ2n) is 5.50. The maximum atomic E-state index is 12.0. The Kier molecular flexibility index (Phi) is 5.67. The molecule has 0 radical (unpaired) electrons. The van der Waals surface area contributed by atoms with Crippen molar-refractivity contribution in [3.05, 3.63) is 59.7 Å². The number of amides is 1. The third kappa shape index (κ3) is 5.04. The van der Waals surface area contributed by atoms with Gasteiger partial charge in [0.05, 0.1) is 5.75 Å². The van der Waals surface area contributed by atoms with E-state index in [-0.39, 0.29) is 5.91 Å². The van der Waals surface area contributed by atoms with Crippen LogP contribution in [0.4, 0.5) is 16.5 Å². The molecule has 0 spiro atoms. The normalized spacial score (nSPS) is 10.5. The molecule has 0 atom stereocenters. The van der Waals surface area contributed by atoms with Crippen molar-refractivity contribution in [1.82, 2.24) is 10.2 Å². The number of aryl methyl sites for hydroxylation is 2. The molecule has 1 heterocycles. The van der Waals surface area contributed by atoms with E-state index in [1.54, 1.807) is 0 Å². The maximum Gasteiger partial charge on any atom is 0.234 e. The molecule has 3 rings (SSSR count). The van der Waals surface area contributed by atoms with Crippen LogP contribution in [0.3, 0.4) is 0 Å². The van der Waals surface area contributed by atoms with Crippen LogP contribution in [0.1, 0.15) is 11.1 Å². The fourth-order valence-corrected chi connectivity index (χ4v) is 3.68. The molecule has 0 saturated heterocycles. The monoisotopic (exact) mass is 370 g/mol. The van der Waals surface area contributed by atoms with Gasteiger partial charge in [0, 0.05) is 11.4 Å². The van der Waals surface area contributed by atoms with Crippen molar-refractivity contribution in [3.63, 3.8) is 0 Å². The lowest BCUT2D eigenvalue weighted by atomic mass is 10.1. The third-order valence-electron chi connectivity index (χ3n) is 3.55. The van der Waals surface area contributed by atoms with Gasteiger partial charge in [-0.2, -0.15) is 0 Å². The van der Waals surface area contributed by atoms with Crippen molar-refractivity contribution in [2.75, 3.05) is 16.4 Å². The molecule has 7 heteroatoms. The van der Waals surface area contributed by atoms with Gasteiger partial charge in [-0.05, 0) is 49.2 Å². The molecule has 0 aliphatic heterocycles. The van der Waals surface area contributed by atoms with E-state index >= 15 is 0 Å². The molecule has 0 fully saturated rings. The van der Waals surface area contributed by atoms with Crippen molar-refractivity contribution in [2.24, 2.45) is 0 Å². The molecule has 1 aromatic heterocycles. The summed E-state index contributed by atoms with van der Waals surface area (Å²) in [5, 5.41) is 15.1. The Morgan fingerprint density at radius 2 is 1.84 bits per heavy atom. The van der Waals surface area contributed by atoms with E-state index in [9.17, 15) is 4.79 Å². The highest BCUT2D eigenvalue weighted by molar-refractivity contribution is 8.01. The Hall–Kier alpha value is -2.38. The SMILES string of the molecule is Cc1ccc(Nc2nnc(SCC(=O)Nc3ccccc3)s2)cc1C. The number of hydrogen-bond donors (Lipinski definition) is 2. The number of anilines is 3. The van der Waals surface area contributed by atoms with Crippen LogP contribution in [-0.2, 0) is 4.79 Å². The van der Waals surface area contributed by atoms with E-state index < -0.39 is 0 Å². The largest absolute Gasteiger partial charge is 0.330 e. The Bertz CT molecular complexity index is 865. The fourth-order valence-electron chi connectivity index (χ4n) is 2.11. The molecule has 128 valence electrons. The Morgan fingerprint density at radius 3 is 2.60 bits per heavy atom. The van der Waals surface area contributed by atoms with Gasteiger partial charge in [0.2, 0.25) is 11.0 Å². The van der Waals surface area contributed by atoms with Gasteiger partial charge >= 0.3 is 0 Å². The summed E-state index contributed by atoms with van der Waals surface area (Å²) in [6.45, 7) is 4.16. The van der Waals surface area contributed by atoms with Crippen molar-refractivity contribution in [3.8, 4) is 0 Å². The molecule has 2 aromatic carbocycles. The molecule has 0 aliphatic carbocycles. The number of carbonyl (C=O) groups is 1. The summed E-state index contributed by atoms with van der Waals surface area (Å²) in [7, 11) is 0. The van der Waals surface area contributed by atoms with Crippen LogP contribution in [0.25, 0.3) is 0 Å². The van der Waals surface area contributed by atoms with Gasteiger partial charge in [0.1, 0.15) is 0 Å². The van der Waals surface area contributed by atoms with Crippen molar-refractivity contribution < 1.29 is 4.79 Å². The zero-order chi connectivity index (χ0) is 17.6. The van der Waals surface area contributed by atoms with Crippen LogP contribution in [-0.4, -0.2) is 21.9 Å². The van der Waals surface area contributed by atoms with Gasteiger partial charge in [-0.3, -0.25) is 4.79 Å². The first kappa shape index (κ1) is 17.4. The van der Waals surface area contributed by atoms with Gasteiger partial charge in [-0.15, -0.1) is 10.2 Å². The summed E-state index contributed by atoms with van der Waals surface area (Å²) in [6.07, 6.45) is 0. The van der Waals surface area contributed by atoms with Crippen LogP contribution < -0.4 is 10.6 Å². The summed E-state index contributed by atoms with van der Waals surface area (Å²) in [5.41, 5.74) is 4.25. The molecule has 0 saturated carbocycles. The van der Waals surface area contributed by atoms with Gasteiger partial charge in [-0.25, -0.2) is 0 Å². The molecule has 5 nitrogen and oxygen atoms in total. The van der Waals surface area contributed by atoms with E-state index in [1.165, 1.54) is 34.2 Å². The quantitative estimate of drug-likeness (QED) is 0.619. The van der Waals surface area contributed by atoms with E-state index in [0.29, 0.717) is 10.9 Å². The van der Waals surface area contributed by atoms with Gasteiger partial charge in [-0.1, -0.05) is 47.4 Å². The molecule has 0 unspecified atom stereocenters. The van der Waals surface area contributed by atoms with Crippen molar-refractivity contribution in [1.29, 1.82) is 0 Å².